The monoisotopic (exact) mass is 366 g/mol. The Morgan fingerprint density at radius 2 is 1.68 bits per heavy atom. The van der Waals surface area contributed by atoms with Gasteiger partial charge in [0.2, 0.25) is 0 Å². The van der Waals surface area contributed by atoms with Crippen LogP contribution < -0.4 is 0 Å². The molecule has 0 N–H and O–H groups in total. The summed E-state index contributed by atoms with van der Waals surface area (Å²) in [5.41, 5.74) is 0.630. The van der Waals surface area contributed by atoms with E-state index in [1.807, 2.05) is 13.8 Å². The van der Waals surface area contributed by atoms with Crippen molar-refractivity contribution in [1.29, 1.82) is 0 Å². The van der Waals surface area contributed by atoms with Gasteiger partial charge < -0.3 is 0 Å². The van der Waals surface area contributed by atoms with Gasteiger partial charge in [-0.25, -0.2) is 8.42 Å². The van der Waals surface area contributed by atoms with Gasteiger partial charge in [-0.2, -0.15) is 0 Å². The van der Waals surface area contributed by atoms with Gasteiger partial charge in [-0.15, -0.1) is 0 Å². The van der Waals surface area contributed by atoms with Crippen LogP contribution in [0.1, 0.15) is 32.3 Å². The number of hydrogen-bond acceptors (Lipinski definition) is 2. The van der Waals surface area contributed by atoms with Gasteiger partial charge in [0.05, 0.1) is 11.5 Å². The SMILES string of the molecule is CCC(CC)(CBr)CS(=O)(=O)Cc1ccc(Cl)cc1. The summed E-state index contributed by atoms with van der Waals surface area (Å²) in [4.78, 5) is 0. The molecule has 1 aromatic rings. The van der Waals surface area contributed by atoms with E-state index >= 15 is 0 Å². The van der Waals surface area contributed by atoms with Gasteiger partial charge in [0.25, 0.3) is 0 Å². The largest absolute Gasteiger partial charge is 0.228 e. The Bertz CT molecular complexity index is 484. The van der Waals surface area contributed by atoms with Gasteiger partial charge in [-0.3, -0.25) is 0 Å². The van der Waals surface area contributed by atoms with Crippen LogP contribution in [0.5, 0.6) is 0 Å². The second-order valence-corrected chi connectivity index (χ2v) is 8.06. The Morgan fingerprint density at radius 3 is 2.11 bits per heavy atom. The molecule has 0 spiro atoms. The zero-order valence-corrected chi connectivity index (χ0v) is 14.5. The van der Waals surface area contributed by atoms with Crippen molar-refractivity contribution in [1.82, 2.24) is 0 Å². The number of benzene rings is 1. The molecule has 0 fully saturated rings. The van der Waals surface area contributed by atoms with Crippen molar-refractivity contribution in [3.63, 3.8) is 0 Å². The maximum Gasteiger partial charge on any atom is 0.155 e. The second kappa shape index (κ2) is 7.09. The lowest BCUT2D eigenvalue weighted by Gasteiger charge is -2.29. The molecule has 0 heterocycles. The van der Waals surface area contributed by atoms with Crippen LogP contribution in [0.15, 0.2) is 24.3 Å². The highest BCUT2D eigenvalue weighted by molar-refractivity contribution is 9.09. The van der Waals surface area contributed by atoms with Gasteiger partial charge in [-0.05, 0) is 36.0 Å². The normalized spacial score (nSPS) is 12.6. The lowest BCUT2D eigenvalue weighted by molar-refractivity contribution is 0.351. The molecular formula is C14H20BrClO2S. The highest BCUT2D eigenvalue weighted by atomic mass is 79.9. The van der Waals surface area contributed by atoms with E-state index in [-0.39, 0.29) is 16.9 Å². The Hall–Kier alpha value is -0.0600. The van der Waals surface area contributed by atoms with E-state index in [0.717, 1.165) is 18.4 Å². The van der Waals surface area contributed by atoms with Crippen molar-refractivity contribution in [2.75, 3.05) is 11.1 Å². The zero-order valence-electron chi connectivity index (χ0n) is 11.3. The average molecular weight is 368 g/mol. The summed E-state index contributed by atoms with van der Waals surface area (Å²) in [5.74, 6) is 0.305. The third-order valence-corrected chi connectivity index (χ3v) is 6.88. The topological polar surface area (TPSA) is 34.1 Å². The maximum atomic E-state index is 12.3. The standard InChI is InChI=1S/C14H20BrClO2S/c1-3-14(4-2,10-15)11-19(17,18)9-12-5-7-13(16)8-6-12/h5-8H,3-4,9-11H2,1-2H3. The van der Waals surface area contributed by atoms with Gasteiger partial charge in [0.1, 0.15) is 0 Å². The van der Waals surface area contributed by atoms with Crippen LogP contribution in [0, 0.1) is 5.41 Å². The minimum Gasteiger partial charge on any atom is -0.228 e. The summed E-state index contributed by atoms with van der Waals surface area (Å²) in [6.45, 7) is 4.09. The molecule has 5 heteroatoms. The fraction of sp³-hybridized carbons (Fsp3) is 0.571. The number of alkyl halides is 1. The highest BCUT2D eigenvalue weighted by Crippen LogP contribution is 2.31. The highest BCUT2D eigenvalue weighted by Gasteiger charge is 2.31. The number of hydrogen-bond donors (Lipinski definition) is 0. The van der Waals surface area contributed by atoms with Crippen molar-refractivity contribution in [3.8, 4) is 0 Å². The average Bonchev–Trinajstić information content (AvgIpc) is 2.39. The number of sulfone groups is 1. The lowest BCUT2D eigenvalue weighted by Crippen LogP contribution is -2.31. The van der Waals surface area contributed by atoms with E-state index in [9.17, 15) is 8.42 Å². The van der Waals surface area contributed by atoms with Crippen LogP contribution in [0.25, 0.3) is 0 Å². The molecule has 19 heavy (non-hydrogen) atoms. The smallest absolute Gasteiger partial charge is 0.155 e. The van der Waals surface area contributed by atoms with E-state index in [1.165, 1.54) is 0 Å². The Morgan fingerprint density at radius 1 is 1.16 bits per heavy atom. The summed E-state index contributed by atoms with van der Waals surface area (Å²) in [6.07, 6.45) is 1.71. The number of halogens is 2. The molecule has 0 radical (unpaired) electrons. The predicted octanol–water partition coefficient (Wildman–Crippen LogP) is 4.46. The molecule has 0 saturated carbocycles. The third-order valence-electron chi connectivity index (χ3n) is 3.61. The summed E-state index contributed by atoms with van der Waals surface area (Å²) >= 11 is 9.26. The minimum atomic E-state index is -3.11. The van der Waals surface area contributed by atoms with Crippen molar-refractivity contribution >= 4 is 37.4 Å². The molecule has 2 nitrogen and oxygen atoms in total. The predicted molar refractivity (Wildman–Crippen MR) is 85.8 cm³/mol. The fourth-order valence-electron chi connectivity index (χ4n) is 2.03. The summed E-state index contributed by atoms with van der Waals surface area (Å²) < 4.78 is 24.6. The molecule has 1 aromatic carbocycles. The van der Waals surface area contributed by atoms with Gasteiger partial charge >= 0.3 is 0 Å². The molecule has 0 aliphatic carbocycles. The quantitative estimate of drug-likeness (QED) is 0.667. The van der Waals surface area contributed by atoms with Crippen molar-refractivity contribution in [2.24, 2.45) is 5.41 Å². The minimum absolute atomic E-state index is 0.0823. The van der Waals surface area contributed by atoms with Crippen LogP contribution >= 0.6 is 27.5 Å². The molecule has 0 saturated heterocycles. The van der Waals surface area contributed by atoms with Crippen molar-refractivity contribution < 1.29 is 8.42 Å². The maximum absolute atomic E-state index is 12.3. The molecule has 0 amide bonds. The molecule has 0 aliphatic rings. The van der Waals surface area contributed by atoms with Gasteiger partial charge in [0.15, 0.2) is 9.84 Å². The summed E-state index contributed by atoms with van der Waals surface area (Å²) in [5, 5.41) is 1.34. The van der Waals surface area contributed by atoms with Crippen LogP contribution in [-0.4, -0.2) is 19.5 Å². The molecule has 108 valence electrons. The molecule has 0 bridgehead atoms. The molecule has 0 aliphatic heterocycles. The Balaban J connectivity index is 2.84. The van der Waals surface area contributed by atoms with Crippen molar-refractivity contribution in [3.05, 3.63) is 34.9 Å². The first-order valence-corrected chi connectivity index (χ1v) is 9.69. The molecule has 0 unspecified atom stereocenters. The van der Waals surface area contributed by atoms with Crippen LogP contribution in [0.2, 0.25) is 5.02 Å². The van der Waals surface area contributed by atoms with Gasteiger partial charge in [-0.1, -0.05) is 53.5 Å². The van der Waals surface area contributed by atoms with Crippen LogP contribution in [-0.2, 0) is 15.6 Å². The number of rotatable bonds is 7. The first-order valence-electron chi connectivity index (χ1n) is 6.37. The molecule has 0 atom stereocenters. The van der Waals surface area contributed by atoms with E-state index in [4.69, 9.17) is 11.6 Å². The van der Waals surface area contributed by atoms with Crippen LogP contribution in [0.3, 0.4) is 0 Å². The summed E-state index contributed by atoms with van der Waals surface area (Å²) in [6, 6.07) is 6.99. The summed E-state index contributed by atoms with van der Waals surface area (Å²) in [7, 11) is -3.11. The Labute approximate surface area is 129 Å². The van der Waals surface area contributed by atoms with Gasteiger partial charge in [0, 0.05) is 10.4 Å². The third kappa shape index (κ3) is 5.09. The van der Waals surface area contributed by atoms with E-state index in [2.05, 4.69) is 15.9 Å². The molecule has 1 rings (SSSR count). The lowest BCUT2D eigenvalue weighted by atomic mass is 9.87. The van der Waals surface area contributed by atoms with Crippen LogP contribution in [0.4, 0.5) is 0 Å². The molecular weight excluding hydrogens is 348 g/mol. The van der Waals surface area contributed by atoms with E-state index in [0.29, 0.717) is 10.4 Å². The first-order chi connectivity index (χ1) is 8.86. The fourth-order valence-corrected chi connectivity index (χ4v) is 5.66. The second-order valence-electron chi connectivity index (χ2n) is 5.00. The Kier molecular flexibility index (Phi) is 6.34. The first kappa shape index (κ1) is 17.0. The van der Waals surface area contributed by atoms with E-state index < -0.39 is 9.84 Å². The zero-order chi connectivity index (χ0) is 14.5. The molecule has 0 aromatic heterocycles. The van der Waals surface area contributed by atoms with E-state index in [1.54, 1.807) is 24.3 Å². The van der Waals surface area contributed by atoms with Crippen molar-refractivity contribution in [2.45, 2.75) is 32.4 Å².